The number of benzene rings is 1. The minimum absolute atomic E-state index is 0.0314. The SMILES string of the molecule is CC(N)C(C)C(=O)Nc1ccc(CCN2CCOCC2)cc1. The van der Waals surface area contributed by atoms with E-state index in [1.54, 1.807) is 0 Å². The lowest BCUT2D eigenvalue weighted by Crippen LogP contribution is -2.37. The van der Waals surface area contributed by atoms with Crippen molar-refractivity contribution in [2.24, 2.45) is 11.7 Å². The molecule has 1 fully saturated rings. The van der Waals surface area contributed by atoms with Crippen molar-refractivity contribution < 1.29 is 9.53 Å². The number of carbonyl (C=O) groups is 1. The Bertz CT molecular complexity index is 467. The van der Waals surface area contributed by atoms with Crippen LogP contribution in [0, 0.1) is 5.92 Å². The standard InChI is InChI=1S/C17H27N3O2/c1-13(14(2)18)17(21)19-16-5-3-15(4-6-16)7-8-20-9-11-22-12-10-20/h3-6,13-14H,7-12,18H2,1-2H3,(H,19,21). The Labute approximate surface area is 132 Å². The Balaban J connectivity index is 1.80. The first kappa shape index (κ1) is 16.9. The smallest absolute Gasteiger partial charge is 0.228 e. The van der Waals surface area contributed by atoms with E-state index in [0.717, 1.165) is 45.0 Å². The fraction of sp³-hybridized carbons (Fsp3) is 0.588. The third-order valence-electron chi connectivity index (χ3n) is 4.24. The number of hydrogen-bond acceptors (Lipinski definition) is 4. The summed E-state index contributed by atoms with van der Waals surface area (Å²) in [6.45, 7) is 8.45. The van der Waals surface area contributed by atoms with Crippen molar-refractivity contribution >= 4 is 11.6 Å². The minimum atomic E-state index is -0.194. The molecule has 0 aromatic heterocycles. The number of anilines is 1. The lowest BCUT2D eigenvalue weighted by atomic mass is 10.0. The zero-order valence-corrected chi connectivity index (χ0v) is 13.5. The molecule has 2 rings (SSSR count). The highest BCUT2D eigenvalue weighted by atomic mass is 16.5. The summed E-state index contributed by atoms with van der Waals surface area (Å²) in [6.07, 6.45) is 1.02. The third kappa shape index (κ3) is 5.09. The molecule has 1 aromatic carbocycles. The second-order valence-corrected chi connectivity index (χ2v) is 6.04. The predicted molar refractivity (Wildman–Crippen MR) is 88.8 cm³/mol. The fourth-order valence-electron chi connectivity index (χ4n) is 2.36. The molecule has 0 aliphatic carbocycles. The maximum Gasteiger partial charge on any atom is 0.228 e. The van der Waals surface area contributed by atoms with Crippen LogP contribution in [0.3, 0.4) is 0 Å². The first-order valence-corrected chi connectivity index (χ1v) is 8.02. The Hall–Kier alpha value is -1.43. The van der Waals surface area contributed by atoms with Gasteiger partial charge in [0.25, 0.3) is 0 Å². The summed E-state index contributed by atoms with van der Waals surface area (Å²) in [4.78, 5) is 14.4. The van der Waals surface area contributed by atoms with Gasteiger partial charge in [0.05, 0.1) is 19.1 Å². The summed E-state index contributed by atoms with van der Waals surface area (Å²) in [5.74, 6) is -0.225. The molecule has 1 aliphatic heterocycles. The molecule has 0 saturated carbocycles. The molecule has 2 atom stereocenters. The summed E-state index contributed by atoms with van der Waals surface area (Å²) in [5, 5.41) is 2.91. The number of carbonyl (C=O) groups excluding carboxylic acids is 1. The minimum Gasteiger partial charge on any atom is -0.379 e. The number of rotatable bonds is 6. The van der Waals surface area contributed by atoms with Crippen LogP contribution >= 0.6 is 0 Å². The molecule has 2 unspecified atom stereocenters. The lowest BCUT2D eigenvalue weighted by molar-refractivity contribution is -0.119. The topological polar surface area (TPSA) is 67.6 Å². The van der Waals surface area contributed by atoms with Crippen LogP contribution in [0.15, 0.2) is 24.3 Å². The van der Waals surface area contributed by atoms with Crippen LogP contribution in [-0.4, -0.2) is 49.7 Å². The van der Waals surface area contributed by atoms with Crippen LogP contribution in [0.1, 0.15) is 19.4 Å². The van der Waals surface area contributed by atoms with E-state index in [1.807, 2.05) is 26.0 Å². The zero-order valence-electron chi connectivity index (χ0n) is 13.5. The number of ether oxygens (including phenoxy) is 1. The third-order valence-corrected chi connectivity index (χ3v) is 4.24. The quantitative estimate of drug-likeness (QED) is 0.835. The monoisotopic (exact) mass is 305 g/mol. The molecule has 5 heteroatoms. The summed E-state index contributed by atoms with van der Waals surface area (Å²) in [7, 11) is 0. The van der Waals surface area contributed by atoms with Crippen LogP contribution in [0.5, 0.6) is 0 Å². The van der Waals surface area contributed by atoms with Gasteiger partial charge in [-0.25, -0.2) is 0 Å². The van der Waals surface area contributed by atoms with Gasteiger partial charge in [0.15, 0.2) is 0 Å². The van der Waals surface area contributed by atoms with Crippen molar-refractivity contribution in [3.05, 3.63) is 29.8 Å². The van der Waals surface area contributed by atoms with Crippen LogP contribution in [0.2, 0.25) is 0 Å². The number of nitrogens with one attached hydrogen (secondary N) is 1. The number of morpholine rings is 1. The number of nitrogens with zero attached hydrogens (tertiary/aromatic N) is 1. The van der Waals surface area contributed by atoms with Gasteiger partial charge >= 0.3 is 0 Å². The van der Waals surface area contributed by atoms with Crippen molar-refractivity contribution in [1.29, 1.82) is 0 Å². The van der Waals surface area contributed by atoms with Crippen LogP contribution < -0.4 is 11.1 Å². The van der Waals surface area contributed by atoms with E-state index in [2.05, 4.69) is 22.3 Å². The highest BCUT2D eigenvalue weighted by Gasteiger charge is 2.17. The predicted octanol–water partition coefficient (Wildman–Crippen LogP) is 1.48. The molecule has 0 radical (unpaired) electrons. The van der Waals surface area contributed by atoms with Gasteiger partial charge in [-0.05, 0) is 31.0 Å². The molecular formula is C17H27N3O2. The Morgan fingerprint density at radius 2 is 1.91 bits per heavy atom. The van der Waals surface area contributed by atoms with Crippen molar-refractivity contribution in [1.82, 2.24) is 4.90 Å². The molecule has 1 aliphatic rings. The molecule has 1 aromatic rings. The van der Waals surface area contributed by atoms with Crippen molar-refractivity contribution in [2.45, 2.75) is 26.3 Å². The molecular weight excluding hydrogens is 278 g/mol. The molecule has 1 heterocycles. The molecule has 3 N–H and O–H groups in total. The Morgan fingerprint density at radius 3 is 2.50 bits per heavy atom. The molecule has 1 amide bonds. The van der Waals surface area contributed by atoms with Crippen LogP contribution in [-0.2, 0) is 16.0 Å². The van der Waals surface area contributed by atoms with Crippen molar-refractivity contribution in [3.63, 3.8) is 0 Å². The largest absolute Gasteiger partial charge is 0.379 e. The van der Waals surface area contributed by atoms with E-state index in [4.69, 9.17) is 10.5 Å². The van der Waals surface area contributed by atoms with E-state index in [0.29, 0.717) is 0 Å². The second-order valence-electron chi connectivity index (χ2n) is 6.04. The van der Waals surface area contributed by atoms with Gasteiger partial charge in [-0.3, -0.25) is 9.69 Å². The summed E-state index contributed by atoms with van der Waals surface area (Å²) in [5.41, 5.74) is 7.86. The van der Waals surface area contributed by atoms with Gasteiger partial charge in [-0.2, -0.15) is 0 Å². The van der Waals surface area contributed by atoms with Crippen molar-refractivity contribution in [2.75, 3.05) is 38.2 Å². The highest BCUT2D eigenvalue weighted by Crippen LogP contribution is 2.13. The number of hydrogen-bond donors (Lipinski definition) is 2. The van der Waals surface area contributed by atoms with Crippen LogP contribution in [0.25, 0.3) is 0 Å². The second kappa shape index (κ2) is 8.27. The van der Waals surface area contributed by atoms with Gasteiger partial charge in [-0.15, -0.1) is 0 Å². The average Bonchev–Trinajstić information content (AvgIpc) is 2.54. The van der Waals surface area contributed by atoms with Gasteiger partial charge in [0, 0.05) is 31.4 Å². The first-order chi connectivity index (χ1) is 10.6. The molecule has 0 spiro atoms. The maximum atomic E-state index is 12.0. The normalized spacial score (nSPS) is 18.7. The Morgan fingerprint density at radius 1 is 1.27 bits per heavy atom. The van der Waals surface area contributed by atoms with Gasteiger partial charge < -0.3 is 15.8 Å². The van der Waals surface area contributed by atoms with Gasteiger partial charge in [-0.1, -0.05) is 19.1 Å². The highest BCUT2D eigenvalue weighted by molar-refractivity contribution is 5.92. The summed E-state index contributed by atoms with van der Waals surface area (Å²) < 4.78 is 5.35. The lowest BCUT2D eigenvalue weighted by Gasteiger charge is -2.26. The molecule has 22 heavy (non-hydrogen) atoms. The number of nitrogens with two attached hydrogens (primary N) is 1. The Kier molecular flexibility index (Phi) is 6.36. The zero-order chi connectivity index (χ0) is 15.9. The van der Waals surface area contributed by atoms with E-state index in [1.165, 1.54) is 5.56 Å². The summed E-state index contributed by atoms with van der Waals surface area (Å²) >= 11 is 0. The first-order valence-electron chi connectivity index (χ1n) is 8.02. The van der Waals surface area contributed by atoms with E-state index in [-0.39, 0.29) is 17.9 Å². The average molecular weight is 305 g/mol. The van der Waals surface area contributed by atoms with Gasteiger partial charge in [0.1, 0.15) is 0 Å². The number of amides is 1. The maximum absolute atomic E-state index is 12.0. The van der Waals surface area contributed by atoms with E-state index >= 15 is 0 Å². The molecule has 5 nitrogen and oxygen atoms in total. The molecule has 1 saturated heterocycles. The van der Waals surface area contributed by atoms with Crippen molar-refractivity contribution in [3.8, 4) is 0 Å². The molecule has 0 bridgehead atoms. The summed E-state index contributed by atoms with van der Waals surface area (Å²) in [6, 6.07) is 7.92. The fourth-order valence-corrected chi connectivity index (χ4v) is 2.36. The molecule has 122 valence electrons. The van der Waals surface area contributed by atoms with Crippen LogP contribution in [0.4, 0.5) is 5.69 Å². The van der Waals surface area contributed by atoms with Gasteiger partial charge in [0.2, 0.25) is 5.91 Å². The van der Waals surface area contributed by atoms with E-state index in [9.17, 15) is 4.79 Å². The van der Waals surface area contributed by atoms with E-state index < -0.39 is 0 Å².